The molecule has 0 N–H and O–H groups in total. The molecule has 0 saturated carbocycles. The Balaban J connectivity index is 1.44. The van der Waals surface area contributed by atoms with Crippen LogP contribution in [0, 0.1) is 0 Å². The van der Waals surface area contributed by atoms with E-state index in [1.165, 1.54) is 19.8 Å². The number of fused-ring (bicyclic) bond motifs is 1. The summed E-state index contributed by atoms with van der Waals surface area (Å²) in [5.74, 6) is 2.18. The van der Waals surface area contributed by atoms with E-state index in [4.69, 9.17) is 23.7 Å². The molecule has 2 aromatic rings. The zero-order valence-electron chi connectivity index (χ0n) is 27.6. The van der Waals surface area contributed by atoms with Crippen molar-refractivity contribution in [2.45, 2.75) is 110 Å². The van der Waals surface area contributed by atoms with Gasteiger partial charge in [-0.2, -0.15) is 0 Å². The minimum absolute atomic E-state index is 0.145. The maximum Gasteiger partial charge on any atom is 0.305 e. The van der Waals surface area contributed by atoms with Crippen LogP contribution in [0.25, 0.3) is 0 Å². The third-order valence-electron chi connectivity index (χ3n) is 8.24. The first-order chi connectivity index (χ1) is 22.0. The number of carbonyl (C=O) groups is 3. The SMILES string of the molecule is CCCc1c(OCCCCCCc2cccc(OCCCCCCCC(=O)OC)c2CCC(=O)OC)ccc2c1OCCC2=O. The number of carbonyl (C=O) groups excluding carboxylic acids is 3. The topological polar surface area (TPSA) is 97.4 Å². The average molecular weight is 625 g/mol. The van der Waals surface area contributed by atoms with Gasteiger partial charge in [-0.25, -0.2) is 0 Å². The quantitative estimate of drug-likeness (QED) is 0.0968. The number of hydrogen-bond donors (Lipinski definition) is 0. The van der Waals surface area contributed by atoms with Crippen molar-refractivity contribution in [3.05, 3.63) is 52.6 Å². The Bertz CT molecular complexity index is 1220. The molecule has 1 aliphatic heterocycles. The Morgan fingerprint density at radius 3 is 2.07 bits per heavy atom. The monoisotopic (exact) mass is 624 g/mol. The maximum atomic E-state index is 12.3. The van der Waals surface area contributed by atoms with E-state index in [1.54, 1.807) is 0 Å². The van der Waals surface area contributed by atoms with Crippen LogP contribution in [-0.4, -0.2) is 51.8 Å². The zero-order chi connectivity index (χ0) is 32.3. The highest BCUT2D eigenvalue weighted by Gasteiger charge is 2.23. The molecule has 0 aliphatic carbocycles. The van der Waals surface area contributed by atoms with Crippen molar-refractivity contribution in [1.29, 1.82) is 0 Å². The van der Waals surface area contributed by atoms with Crippen molar-refractivity contribution < 1.29 is 38.1 Å². The van der Waals surface area contributed by atoms with Gasteiger partial charge in [-0.15, -0.1) is 0 Å². The van der Waals surface area contributed by atoms with Gasteiger partial charge in [-0.05, 0) is 74.3 Å². The molecule has 0 amide bonds. The number of aryl methyl sites for hydroxylation is 1. The lowest BCUT2D eigenvalue weighted by Crippen LogP contribution is -2.17. The summed E-state index contributed by atoms with van der Waals surface area (Å²) in [5.41, 5.74) is 4.02. The average Bonchev–Trinajstić information content (AvgIpc) is 3.05. The van der Waals surface area contributed by atoms with Crippen molar-refractivity contribution >= 4 is 17.7 Å². The highest BCUT2D eigenvalue weighted by atomic mass is 16.5. The zero-order valence-corrected chi connectivity index (χ0v) is 27.6. The Kier molecular flexibility index (Phi) is 16.3. The van der Waals surface area contributed by atoms with E-state index >= 15 is 0 Å². The molecular formula is C37H52O8. The first kappa shape index (κ1) is 35.9. The number of hydrogen-bond acceptors (Lipinski definition) is 8. The molecule has 0 saturated heterocycles. The van der Waals surface area contributed by atoms with Crippen LogP contribution in [0.15, 0.2) is 30.3 Å². The van der Waals surface area contributed by atoms with Gasteiger partial charge in [-0.3, -0.25) is 14.4 Å². The molecule has 0 fully saturated rings. The second-order valence-corrected chi connectivity index (χ2v) is 11.6. The lowest BCUT2D eigenvalue weighted by molar-refractivity contribution is -0.141. The molecule has 0 spiro atoms. The minimum Gasteiger partial charge on any atom is -0.493 e. The van der Waals surface area contributed by atoms with Gasteiger partial charge < -0.3 is 23.7 Å². The van der Waals surface area contributed by atoms with Gasteiger partial charge in [0, 0.05) is 24.8 Å². The van der Waals surface area contributed by atoms with Crippen LogP contribution < -0.4 is 14.2 Å². The fourth-order valence-electron chi connectivity index (χ4n) is 5.73. The molecule has 248 valence electrons. The first-order valence-corrected chi connectivity index (χ1v) is 16.8. The molecule has 8 heteroatoms. The Labute approximate surface area is 269 Å². The lowest BCUT2D eigenvalue weighted by Gasteiger charge is -2.22. The molecule has 0 aromatic heterocycles. The highest BCUT2D eigenvalue weighted by Crippen LogP contribution is 2.36. The molecule has 8 nitrogen and oxygen atoms in total. The number of ketones is 1. The smallest absolute Gasteiger partial charge is 0.305 e. The molecular weight excluding hydrogens is 572 g/mol. The van der Waals surface area contributed by atoms with E-state index in [9.17, 15) is 14.4 Å². The number of methoxy groups -OCH3 is 2. The van der Waals surface area contributed by atoms with Gasteiger partial charge in [0.2, 0.25) is 0 Å². The number of ether oxygens (including phenoxy) is 5. The summed E-state index contributed by atoms with van der Waals surface area (Å²) in [7, 11) is 2.85. The largest absolute Gasteiger partial charge is 0.493 e. The van der Waals surface area contributed by atoms with E-state index in [1.807, 2.05) is 24.3 Å². The summed E-state index contributed by atoms with van der Waals surface area (Å²) in [6, 6.07) is 9.95. The lowest BCUT2D eigenvalue weighted by atomic mass is 9.96. The third kappa shape index (κ3) is 12.0. The summed E-state index contributed by atoms with van der Waals surface area (Å²) >= 11 is 0. The molecule has 1 aliphatic rings. The summed E-state index contributed by atoms with van der Waals surface area (Å²) in [6.45, 7) is 3.81. The van der Waals surface area contributed by atoms with E-state index < -0.39 is 0 Å². The van der Waals surface area contributed by atoms with Gasteiger partial charge in [0.05, 0.1) is 39.6 Å². The van der Waals surface area contributed by atoms with Gasteiger partial charge in [0.1, 0.15) is 17.2 Å². The van der Waals surface area contributed by atoms with Crippen LogP contribution in [0.1, 0.15) is 117 Å². The molecule has 1 heterocycles. The van der Waals surface area contributed by atoms with Crippen molar-refractivity contribution in [3.8, 4) is 17.2 Å². The summed E-state index contributed by atoms with van der Waals surface area (Å²) < 4.78 is 27.8. The maximum absolute atomic E-state index is 12.3. The van der Waals surface area contributed by atoms with E-state index in [-0.39, 0.29) is 17.7 Å². The van der Waals surface area contributed by atoms with Crippen molar-refractivity contribution in [1.82, 2.24) is 0 Å². The number of benzene rings is 2. The van der Waals surface area contributed by atoms with Crippen LogP contribution >= 0.6 is 0 Å². The fourth-order valence-corrected chi connectivity index (χ4v) is 5.73. The number of Topliss-reactive ketones (excluding diaryl/α,β-unsaturated/α-hetero) is 1. The Morgan fingerprint density at radius 2 is 1.36 bits per heavy atom. The summed E-state index contributed by atoms with van der Waals surface area (Å²) in [5, 5.41) is 0. The predicted octanol–water partition coefficient (Wildman–Crippen LogP) is 7.78. The Hall–Kier alpha value is -3.55. The predicted molar refractivity (Wildman–Crippen MR) is 175 cm³/mol. The molecule has 0 atom stereocenters. The highest BCUT2D eigenvalue weighted by molar-refractivity contribution is 6.00. The van der Waals surface area contributed by atoms with E-state index in [2.05, 4.69) is 13.0 Å². The van der Waals surface area contributed by atoms with Gasteiger partial charge in [-0.1, -0.05) is 57.6 Å². The second-order valence-electron chi connectivity index (χ2n) is 11.6. The first-order valence-electron chi connectivity index (χ1n) is 16.8. The van der Waals surface area contributed by atoms with Gasteiger partial charge in [0.15, 0.2) is 5.78 Å². The van der Waals surface area contributed by atoms with Gasteiger partial charge in [0.25, 0.3) is 0 Å². The Morgan fingerprint density at radius 1 is 0.711 bits per heavy atom. The van der Waals surface area contributed by atoms with Gasteiger partial charge >= 0.3 is 11.9 Å². The molecule has 0 radical (unpaired) electrons. The number of esters is 2. The molecule has 0 bridgehead atoms. The van der Waals surface area contributed by atoms with E-state index in [0.29, 0.717) is 56.8 Å². The fraction of sp³-hybridized carbons (Fsp3) is 0.595. The van der Waals surface area contributed by atoms with Crippen LogP contribution in [0.2, 0.25) is 0 Å². The summed E-state index contributed by atoms with van der Waals surface area (Å²) in [4.78, 5) is 35.5. The van der Waals surface area contributed by atoms with Crippen LogP contribution in [0.3, 0.4) is 0 Å². The van der Waals surface area contributed by atoms with Crippen LogP contribution in [0.5, 0.6) is 17.2 Å². The standard InChI is InChI=1S/C37H52O8/c1-4-15-31-34(22-20-30-32(38)24-27-45-37(30)31)44-26-13-9-7-10-16-28-17-14-18-33(29(28)21-23-36(40)42-3)43-25-12-8-5-6-11-19-35(39)41-2/h14,17-18,20,22H,4-13,15-16,19,21,23-27H2,1-3H3. The summed E-state index contributed by atoms with van der Waals surface area (Å²) in [6.07, 6.45) is 13.5. The van der Waals surface area contributed by atoms with Crippen molar-refractivity contribution in [3.63, 3.8) is 0 Å². The number of rotatable bonds is 22. The van der Waals surface area contributed by atoms with E-state index in [0.717, 1.165) is 99.7 Å². The van der Waals surface area contributed by atoms with Crippen molar-refractivity contribution in [2.24, 2.45) is 0 Å². The van der Waals surface area contributed by atoms with Crippen LogP contribution in [0.4, 0.5) is 0 Å². The number of unbranched alkanes of at least 4 members (excludes halogenated alkanes) is 7. The molecule has 2 aromatic carbocycles. The second kappa shape index (κ2) is 20.5. The van der Waals surface area contributed by atoms with Crippen LogP contribution in [-0.2, 0) is 38.3 Å². The third-order valence-corrected chi connectivity index (χ3v) is 8.24. The molecule has 45 heavy (non-hydrogen) atoms. The normalized spacial score (nSPS) is 12.3. The minimum atomic E-state index is -0.220. The molecule has 0 unspecified atom stereocenters. The van der Waals surface area contributed by atoms with Crippen molar-refractivity contribution in [2.75, 3.05) is 34.0 Å². The molecule has 3 rings (SSSR count).